The molecule has 1 aromatic carbocycles. The first-order valence-electron chi connectivity index (χ1n) is 5.21. The van der Waals surface area contributed by atoms with Gasteiger partial charge in [0.15, 0.2) is 11.5 Å². The van der Waals surface area contributed by atoms with Crippen molar-refractivity contribution in [2.45, 2.75) is 19.4 Å². The number of methoxy groups -OCH3 is 2. The Bertz CT molecular complexity index is 416. The van der Waals surface area contributed by atoms with Crippen LogP contribution in [0.15, 0.2) is 18.2 Å². The first-order chi connectivity index (χ1) is 7.90. The lowest BCUT2D eigenvalue weighted by Gasteiger charge is -2.24. The molecule has 0 fully saturated rings. The van der Waals surface area contributed by atoms with E-state index in [0.29, 0.717) is 11.5 Å². The van der Waals surface area contributed by atoms with E-state index in [1.54, 1.807) is 46.3 Å². The lowest BCUT2D eigenvalue weighted by atomic mass is 10.0. The highest BCUT2D eigenvalue weighted by Gasteiger charge is 2.24. The third kappa shape index (κ3) is 3.03. The van der Waals surface area contributed by atoms with Crippen LogP contribution in [0, 0.1) is 0 Å². The van der Waals surface area contributed by atoms with Crippen LogP contribution in [0.2, 0.25) is 0 Å². The Morgan fingerprint density at radius 3 is 2.29 bits per heavy atom. The van der Waals surface area contributed by atoms with Gasteiger partial charge in [0.2, 0.25) is 5.91 Å². The van der Waals surface area contributed by atoms with Gasteiger partial charge >= 0.3 is 0 Å². The fraction of sp³-hybridized carbons (Fsp3) is 0.417. The molecule has 0 unspecified atom stereocenters. The van der Waals surface area contributed by atoms with Crippen LogP contribution >= 0.6 is 0 Å². The van der Waals surface area contributed by atoms with Gasteiger partial charge in [0.25, 0.3) is 0 Å². The number of primary amides is 1. The summed E-state index contributed by atoms with van der Waals surface area (Å²) >= 11 is 0. The smallest absolute Gasteiger partial charge is 0.242 e. The number of hydrogen-bond acceptors (Lipinski definition) is 4. The van der Waals surface area contributed by atoms with E-state index in [1.165, 1.54) is 0 Å². The molecule has 0 aliphatic rings. The van der Waals surface area contributed by atoms with Gasteiger partial charge in [0.1, 0.15) is 5.54 Å². The Balaban J connectivity index is 2.97. The third-order valence-electron chi connectivity index (χ3n) is 2.46. The molecule has 0 saturated carbocycles. The summed E-state index contributed by atoms with van der Waals surface area (Å²) in [4.78, 5) is 11.2. The van der Waals surface area contributed by atoms with Gasteiger partial charge in [0, 0.05) is 11.8 Å². The largest absolute Gasteiger partial charge is 0.493 e. The van der Waals surface area contributed by atoms with Gasteiger partial charge in [0.05, 0.1) is 14.2 Å². The molecule has 0 radical (unpaired) electrons. The first-order valence-corrected chi connectivity index (χ1v) is 5.21. The Morgan fingerprint density at radius 2 is 1.82 bits per heavy atom. The molecule has 0 atom stereocenters. The Morgan fingerprint density at radius 1 is 1.24 bits per heavy atom. The molecule has 0 heterocycles. The fourth-order valence-electron chi connectivity index (χ4n) is 1.34. The number of ether oxygens (including phenoxy) is 2. The summed E-state index contributed by atoms with van der Waals surface area (Å²) in [6.45, 7) is 3.43. The minimum atomic E-state index is -0.820. The summed E-state index contributed by atoms with van der Waals surface area (Å²) in [6.07, 6.45) is 0. The summed E-state index contributed by atoms with van der Waals surface area (Å²) in [5.74, 6) is 0.806. The average molecular weight is 238 g/mol. The Hall–Kier alpha value is -1.91. The summed E-state index contributed by atoms with van der Waals surface area (Å²) in [5.41, 5.74) is 5.21. The minimum Gasteiger partial charge on any atom is -0.493 e. The molecular formula is C12H18N2O3. The minimum absolute atomic E-state index is 0.424. The van der Waals surface area contributed by atoms with Crippen molar-refractivity contribution in [2.24, 2.45) is 5.73 Å². The van der Waals surface area contributed by atoms with Crippen molar-refractivity contribution in [3.05, 3.63) is 18.2 Å². The van der Waals surface area contributed by atoms with Gasteiger partial charge in [-0.05, 0) is 26.0 Å². The van der Waals surface area contributed by atoms with Crippen molar-refractivity contribution in [3.8, 4) is 11.5 Å². The Labute approximate surface area is 101 Å². The molecule has 1 amide bonds. The molecule has 0 aliphatic carbocycles. The van der Waals surface area contributed by atoms with Crippen LogP contribution in [0.5, 0.6) is 11.5 Å². The molecule has 0 spiro atoms. The van der Waals surface area contributed by atoms with Crippen LogP contribution in [0.1, 0.15) is 13.8 Å². The number of nitrogens with one attached hydrogen (secondary N) is 1. The standard InChI is InChI=1S/C12H18N2O3/c1-12(2,11(13)15)14-8-5-6-9(16-3)10(7-8)17-4/h5-7,14H,1-4H3,(H2,13,15). The van der Waals surface area contributed by atoms with Crippen LogP contribution in [0.4, 0.5) is 5.69 Å². The second-order valence-corrected chi connectivity index (χ2v) is 4.18. The zero-order valence-corrected chi connectivity index (χ0v) is 10.5. The summed E-state index contributed by atoms with van der Waals surface area (Å²) < 4.78 is 10.3. The summed E-state index contributed by atoms with van der Waals surface area (Å²) in [6, 6.07) is 5.31. The number of nitrogens with two attached hydrogens (primary N) is 1. The molecule has 5 heteroatoms. The topological polar surface area (TPSA) is 73.6 Å². The fourth-order valence-corrected chi connectivity index (χ4v) is 1.34. The maximum Gasteiger partial charge on any atom is 0.242 e. The number of benzene rings is 1. The maximum absolute atomic E-state index is 11.2. The van der Waals surface area contributed by atoms with Crippen LogP contribution in [-0.2, 0) is 4.79 Å². The van der Waals surface area contributed by atoms with Crippen molar-refractivity contribution in [3.63, 3.8) is 0 Å². The lowest BCUT2D eigenvalue weighted by Crippen LogP contribution is -2.44. The molecule has 0 bridgehead atoms. The van der Waals surface area contributed by atoms with Crippen LogP contribution in [0.25, 0.3) is 0 Å². The van der Waals surface area contributed by atoms with E-state index in [-0.39, 0.29) is 0 Å². The van der Waals surface area contributed by atoms with Gasteiger partial charge in [-0.15, -0.1) is 0 Å². The predicted molar refractivity (Wildman–Crippen MR) is 66.4 cm³/mol. The molecule has 3 N–H and O–H groups in total. The van der Waals surface area contributed by atoms with E-state index in [1.807, 2.05) is 0 Å². The molecule has 5 nitrogen and oxygen atoms in total. The van der Waals surface area contributed by atoms with Crippen molar-refractivity contribution < 1.29 is 14.3 Å². The number of hydrogen-bond donors (Lipinski definition) is 2. The van der Waals surface area contributed by atoms with Gasteiger partial charge in [-0.3, -0.25) is 4.79 Å². The van der Waals surface area contributed by atoms with Crippen molar-refractivity contribution in [2.75, 3.05) is 19.5 Å². The van der Waals surface area contributed by atoms with Crippen molar-refractivity contribution in [1.29, 1.82) is 0 Å². The zero-order chi connectivity index (χ0) is 13.1. The van der Waals surface area contributed by atoms with Crippen molar-refractivity contribution >= 4 is 11.6 Å². The highest BCUT2D eigenvalue weighted by Crippen LogP contribution is 2.30. The maximum atomic E-state index is 11.2. The quantitative estimate of drug-likeness (QED) is 0.812. The third-order valence-corrected chi connectivity index (χ3v) is 2.46. The molecule has 1 aromatic rings. The van der Waals surface area contributed by atoms with Gasteiger partial charge in [-0.2, -0.15) is 0 Å². The summed E-state index contributed by atoms with van der Waals surface area (Å²) in [5, 5.41) is 3.03. The monoisotopic (exact) mass is 238 g/mol. The van der Waals surface area contributed by atoms with E-state index < -0.39 is 11.4 Å². The van der Waals surface area contributed by atoms with Gasteiger partial charge in [-0.1, -0.05) is 0 Å². The number of carbonyl (C=O) groups is 1. The van der Waals surface area contributed by atoms with E-state index in [2.05, 4.69) is 5.32 Å². The van der Waals surface area contributed by atoms with Crippen LogP contribution in [0.3, 0.4) is 0 Å². The molecular weight excluding hydrogens is 220 g/mol. The molecule has 0 aliphatic heterocycles. The zero-order valence-electron chi connectivity index (χ0n) is 10.5. The van der Waals surface area contributed by atoms with Gasteiger partial charge in [-0.25, -0.2) is 0 Å². The molecule has 0 aromatic heterocycles. The van der Waals surface area contributed by atoms with Crippen LogP contribution in [-0.4, -0.2) is 25.7 Å². The second kappa shape index (κ2) is 4.95. The van der Waals surface area contributed by atoms with Crippen LogP contribution < -0.4 is 20.5 Å². The van der Waals surface area contributed by atoms with Gasteiger partial charge < -0.3 is 20.5 Å². The molecule has 1 rings (SSSR count). The number of rotatable bonds is 5. The molecule has 0 saturated heterocycles. The van der Waals surface area contributed by atoms with E-state index >= 15 is 0 Å². The average Bonchev–Trinajstić information content (AvgIpc) is 2.28. The molecule has 17 heavy (non-hydrogen) atoms. The number of carbonyl (C=O) groups excluding carboxylic acids is 1. The first kappa shape index (κ1) is 13.2. The van der Waals surface area contributed by atoms with E-state index in [4.69, 9.17) is 15.2 Å². The predicted octanol–water partition coefficient (Wildman–Crippen LogP) is 1.38. The molecule has 94 valence electrons. The highest BCUT2D eigenvalue weighted by atomic mass is 16.5. The number of anilines is 1. The van der Waals surface area contributed by atoms with E-state index in [9.17, 15) is 4.79 Å². The SMILES string of the molecule is COc1ccc(NC(C)(C)C(N)=O)cc1OC. The highest BCUT2D eigenvalue weighted by molar-refractivity contribution is 5.87. The lowest BCUT2D eigenvalue weighted by molar-refractivity contribution is -0.121. The van der Waals surface area contributed by atoms with Crippen molar-refractivity contribution in [1.82, 2.24) is 0 Å². The Kier molecular flexibility index (Phi) is 3.83. The van der Waals surface area contributed by atoms with E-state index in [0.717, 1.165) is 5.69 Å². The normalized spacial score (nSPS) is 10.8. The second-order valence-electron chi connectivity index (χ2n) is 4.18. The summed E-state index contributed by atoms with van der Waals surface area (Å²) in [7, 11) is 3.12. The number of amides is 1.